The van der Waals surface area contributed by atoms with Crippen LogP contribution in [0.2, 0.25) is 10.0 Å². The molecule has 5 rings (SSSR count). The lowest BCUT2D eigenvalue weighted by molar-refractivity contribution is -0.139. The summed E-state index contributed by atoms with van der Waals surface area (Å²) in [6.07, 6.45) is 5.53. The molecule has 0 saturated carbocycles. The summed E-state index contributed by atoms with van der Waals surface area (Å²) in [4.78, 5) is 34.0. The zero-order valence-corrected chi connectivity index (χ0v) is 27.6. The molecule has 44 heavy (non-hydrogen) atoms. The molecular weight excluding hydrogens is 589 g/mol. The number of carbonyl (C=O) groups is 2. The maximum atomic E-state index is 13.9. The summed E-state index contributed by atoms with van der Waals surface area (Å²) in [5.41, 5.74) is 2.36. The van der Waals surface area contributed by atoms with E-state index in [2.05, 4.69) is 49.1 Å². The molecule has 0 radical (unpaired) electrons. The Bertz CT molecular complexity index is 1400. The van der Waals surface area contributed by atoms with Gasteiger partial charge < -0.3 is 14.7 Å². The number of nitrogens with zero attached hydrogens (tertiary/aromatic N) is 3. The van der Waals surface area contributed by atoms with Gasteiger partial charge in [0.25, 0.3) is 5.91 Å². The minimum absolute atomic E-state index is 0.0842. The maximum absolute atomic E-state index is 13.9. The molecular formula is C37H45Cl2N3O2. The first kappa shape index (κ1) is 32.5. The monoisotopic (exact) mass is 633 g/mol. The third-order valence-electron chi connectivity index (χ3n) is 10.0. The van der Waals surface area contributed by atoms with E-state index in [1.54, 1.807) is 0 Å². The number of amides is 2. The van der Waals surface area contributed by atoms with Crippen LogP contribution in [-0.4, -0.2) is 72.3 Å². The molecule has 2 aliphatic heterocycles. The Kier molecular flexibility index (Phi) is 10.7. The van der Waals surface area contributed by atoms with Gasteiger partial charge in [0.1, 0.15) is 0 Å². The van der Waals surface area contributed by atoms with Crippen molar-refractivity contribution in [3.63, 3.8) is 0 Å². The number of benzene rings is 3. The molecule has 1 atom stereocenters. The Morgan fingerprint density at radius 3 is 2.09 bits per heavy atom. The number of hydrogen-bond donors (Lipinski definition) is 0. The van der Waals surface area contributed by atoms with Crippen LogP contribution in [0.1, 0.15) is 73.9 Å². The highest BCUT2D eigenvalue weighted by molar-refractivity contribution is 6.42. The Morgan fingerprint density at radius 1 is 0.795 bits per heavy atom. The number of hydrogen-bond acceptors (Lipinski definition) is 3. The van der Waals surface area contributed by atoms with Crippen molar-refractivity contribution >= 4 is 35.0 Å². The molecule has 0 bridgehead atoms. The lowest BCUT2D eigenvalue weighted by Crippen LogP contribution is -2.53. The van der Waals surface area contributed by atoms with Crippen LogP contribution in [-0.2, 0) is 15.6 Å². The minimum atomic E-state index is -0.466. The second-order valence-electron chi connectivity index (χ2n) is 12.5. The van der Waals surface area contributed by atoms with Gasteiger partial charge in [0, 0.05) is 37.2 Å². The molecule has 2 amide bonds. The van der Waals surface area contributed by atoms with Gasteiger partial charge in [-0.3, -0.25) is 9.59 Å². The molecule has 234 valence electrons. The van der Waals surface area contributed by atoms with Gasteiger partial charge in [0.2, 0.25) is 5.91 Å². The van der Waals surface area contributed by atoms with Crippen LogP contribution < -0.4 is 0 Å². The topological polar surface area (TPSA) is 43.9 Å². The molecule has 0 aromatic heterocycles. The Hall–Kier alpha value is -2.86. The van der Waals surface area contributed by atoms with Crippen LogP contribution in [0.3, 0.4) is 0 Å². The molecule has 0 aliphatic carbocycles. The number of likely N-dealkylation sites (tertiary alicyclic amines) is 2. The van der Waals surface area contributed by atoms with Crippen LogP contribution in [0.15, 0.2) is 78.9 Å². The SMILES string of the molecule is CCN(CC)C(=O)C1(c2ccccc2)CCN(CCCC2(c3ccc(Cl)c(Cl)c3)CCCN(C(=O)c3ccccc3)C2)CC1. The standard InChI is InChI=1S/C37H45Cl2N3O2/c1-3-41(4-2)35(44)37(30-15-9-6-10-16-30)21-25-40(26-22-37)23-11-19-36(31-17-18-32(38)33(39)27-31)20-12-24-42(28-36)34(43)29-13-7-5-8-14-29/h5-10,13-18,27H,3-4,11-12,19-26,28H2,1-2H3. The van der Waals surface area contributed by atoms with Gasteiger partial charge in [-0.25, -0.2) is 0 Å². The molecule has 0 spiro atoms. The number of carbonyl (C=O) groups excluding carboxylic acids is 2. The molecule has 2 fully saturated rings. The van der Waals surface area contributed by atoms with E-state index in [1.165, 1.54) is 0 Å². The molecule has 0 N–H and O–H groups in total. The predicted octanol–water partition coefficient (Wildman–Crippen LogP) is 7.85. The molecule has 7 heteroatoms. The normalized spacial score (nSPS) is 20.3. The highest BCUT2D eigenvalue weighted by atomic mass is 35.5. The summed E-state index contributed by atoms with van der Waals surface area (Å²) in [6.45, 7) is 9.75. The van der Waals surface area contributed by atoms with Crippen LogP contribution in [0.25, 0.3) is 0 Å². The van der Waals surface area contributed by atoms with E-state index in [4.69, 9.17) is 23.2 Å². The molecule has 3 aromatic carbocycles. The summed E-state index contributed by atoms with van der Waals surface area (Å²) < 4.78 is 0. The molecule has 2 heterocycles. The fourth-order valence-corrected chi connectivity index (χ4v) is 7.77. The highest BCUT2D eigenvalue weighted by Crippen LogP contribution is 2.42. The zero-order chi connectivity index (χ0) is 31.2. The highest BCUT2D eigenvalue weighted by Gasteiger charge is 2.45. The Morgan fingerprint density at radius 2 is 1.45 bits per heavy atom. The summed E-state index contributed by atoms with van der Waals surface area (Å²) in [7, 11) is 0. The quantitative estimate of drug-likeness (QED) is 0.228. The van der Waals surface area contributed by atoms with E-state index >= 15 is 0 Å². The number of likely N-dealkylation sites (N-methyl/N-ethyl adjacent to an activating group) is 1. The molecule has 1 unspecified atom stereocenters. The van der Waals surface area contributed by atoms with Gasteiger partial charge in [-0.1, -0.05) is 77.8 Å². The number of halogens is 2. The van der Waals surface area contributed by atoms with Gasteiger partial charge in [-0.2, -0.15) is 0 Å². The van der Waals surface area contributed by atoms with E-state index in [0.717, 1.165) is 94.5 Å². The van der Waals surface area contributed by atoms with Gasteiger partial charge in [-0.15, -0.1) is 0 Å². The lowest BCUT2D eigenvalue weighted by Gasteiger charge is -2.45. The van der Waals surface area contributed by atoms with Gasteiger partial charge in [0.05, 0.1) is 15.5 Å². The van der Waals surface area contributed by atoms with Crippen LogP contribution in [0, 0.1) is 0 Å². The number of rotatable bonds is 10. The van der Waals surface area contributed by atoms with Crippen molar-refractivity contribution in [1.82, 2.24) is 14.7 Å². The van der Waals surface area contributed by atoms with Crippen molar-refractivity contribution in [2.24, 2.45) is 0 Å². The van der Waals surface area contributed by atoms with Crippen molar-refractivity contribution in [1.29, 1.82) is 0 Å². The molecule has 5 nitrogen and oxygen atoms in total. The van der Waals surface area contributed by atoms with Crippen molar-refractivity contribution in [2.45, 2.75) is 63.2 Å². The first-order chi connectivity index (χ1) is 21.3. The van der Waals surface area contributed by atoms with Crippen molar-refractivity contribution in [3.05, 3.63) is 106 Å². The Labute approximate surface area is 273 Å². The summed E-state index contributed by atoms with van der Waals surface area (Å²) in [5.74, 6) is 0.346. The largest absolute Gasteiger partial charge is 0.342 e. The van der Waals surface area contributed by atoms with Crippen LogP contribution in [0.4, 0.5) is 0 Å². The summed E-state index contributed by atoms with van der Waals surface area (Å²) in [5, 5.41) is 1.11. The molecule has 2 aliphatic rings. The third-order valence-corrected chi connectivity index (χ3v) is 10.8. The fourth-order valence-electron chi connectivity index (χ4n) is 7.47. The minimum Gasteiger partial charge on any atom is -0.342 e. The average Bonchev–Trinajstić information content (AvgIpc) is 3.07. The van der Waals surface area contributed by atoms with Gasteiger partial charge in [0.15, 0.2) is 0 Å². The van der Waals surface area contributed by atoms with Crippen molar-refractivity contribution in [3.8, 4) is 0 Å². The van der Waals surface area contributed by atoms with Crippen molar-refractivity contribution in [2.75, 3.05) is 45.8 Å². The molecule has 2 saturated heterocycles. The first-order valence-corrected chi connectivity index (χ1v) is 16.9. The van der Waals surface area contributed by atoms with E-state index < -0.39 is 5.41 Å². The second kappa shape index (κ2) is 14.5. The average molecular weight is 635 g/mol. The van der Waals surface area contributed by atoms with E-state index in [0.29, 0.717) is 16.6 Å². The van der Waals surface area contributed by atoms with Gasteiger partial charge >= 0.3 is 0 Å². The van der Waals surface area contributed by atoms with Crippen molar-refractivity contribution < 1.29 is 9.59 Å². The first-order valence-electron chi connectivity index (χ1n) is 16.2. The predicted molar refractivity (Wildman–Crippen MR) is 181 cm³/mol. The molecule has 3 aromatic rings. The van der Waals surface area contributed by atoms with E-state index in [-0.39, 0.29) is 17.2 Å². The van der Waals surface area contributed by atoms with Crippen LogP contribution >= 0.6 is 23.2 Å². The lowest BCUT2D eigenvalue weighted by atomic mass is 9.70. The summed E-state index contributed by atoms with van der Waals surface area (Å²) >= 11 is 12.9. The smallest absolute Gasteiger partial charge is 0.253 e. The zero-order valence-electron chi connectivity index (χ0n) is 26.1. The Balaban J connectivity index is 1.30. The summed E-state index contributed by atoms with van der Waals surface area (Å²) in [6, 6.07) is 26.0. The maximum Gasteiger partial charge on any atom is 0.253 e. The fraction of sp³-hybridized carbons (Fsp3) is 0.459. The third kappa shape index (κ3) is 6.85. The van der Waals surface area contributed by atoms with E-state index in [9.17, 15) is 9.59 Å². The van der Waals surface area contributed by atoms with Crippen LogP contribution in [0.5, 0.6) is 0 Å². The number of piperidine rings is 2. The van der Waals surface area contributed by atoms with Gasteiger partial charge in [-0.05, 0) is 107 Å². The second-order valence-corrected chi connectivity index (χ2v) is 13.3. The van der Waals surface area contributed by atoms with E-state index in [1.807, 2.05) is 58.3 Å².